The summed E-state index contributed by atoms with van der Waals surface area (Å²) < 4.78 is 0. The van der Waals surface area contributed by atoms with Crippen LogP contribution in [0.4, 0.5) is 0 Å². The number of rotatable bonds is 5. The Morgan fingerprint density at radius 3 is 2.46 bits per heavy atom. The SMILES string of the molecule is NCC(=O)N(CCC(=O)O)C1CC1. The van der Waals surface area contributed by atoms with Crippen LogP contribution in [0.3, 0.4) is 0 Å². The van der Waals surface area contributed by atoms with Gasteiger partial charge in [-0.1, -0.05) is 0 Å². The van der Waals surface area contributed by atoms with Crippen molar-refractivity contribution in [3.05, 3.63) is 0 Å². The van der Waals surface area contributed by atoms with E-state index in [1.165, 1.54) is 0 Å². The van der Waals surface area contributed by atoms with Crippen LogP contribution in [0, 0.1) is 0 Å². The zero-order chi connectivity index (χ0) is 9.84. The molecule has 1 aliphatic carbocycles. The minimum atomic E-state index is -0.879. The van der Waals surface area contributed by atoms with Gasteiger partial charge in [0.15, 0.2) is 0 Å². The Balaban J connectivity index is 2.38. The van der Waals surface area contributed by atoms with Gasteiger partial charge in [0.2, 0.25) is 5.91 Å². The summed E-state index contributed by atoms with van der Waals surface area (Å²) in [6.45, 7) is 0.256. The molecule has 0 saturated heterocycles. The minimum absolute atomic E-state index is 0.00222. The van der Waals surface area contributed by atoms with Gasteiger partial charge in [-0.05, 0) is 12.8 Å². The molecule has 1 amide bonds. The first-order valence-corrected chi connectivity index (χ1v) is 4.36. The van der Waals surface area contributed by atoms with Crippen LogP contribution in [0.1, 0.15) is 19.3 Å². The summed E-state index contributed by atoms with van der Waals surface area (Å²) in [7, 11) is 0. The number of carbonyl (C=O) groups excluding carboxylic acids is 1. The lowest BCUT2D eigenvalue weighted by Crippen LogP contribution is -2.39. The van der Waals surface area contributed by atoms with E-state index in [9.17, 15) is 9.59 Å². The van der Waals surface area contributed by atoms with Crippen LogP contribution < -0.4 is 5.73 Å². The fraction of sp³-hybridized carbons (Fsp3) is 0.750. The molecule has 1 aliphatic rings. The zero-order valence-electron chi connectivity index (χ0n) is 7.40. The van der Waals surface area contributed by atoms with E-state index in [0.29, 0.717) is 0 Å². The number of nitrogens with two attached hydrogens (primary N) is 1. The van der Waals surface area contributed by atoms with Crippen LogP contribution in [0.5, 0.6) is 0 Å². The number of carboxylic acids is 1. The molecule has 0 heterocycles. The Labute approximate surface area is 76.5 Å². The fourth-order valence-electron chi connectivity index (χ4n) is 1.23. The molecule has 1 rings (SSSR count). The molecule has 3 N–H and O–H groups in total. The Bertz CT molecular complexity index is 213. The molecule has 0 unspecified atom stereocenters. The van der Waals surface area contributed by atoms with Crippen molar-refractivity contribution in [2.45, 2.75) is 25.3 Å². The van der Waals surface area contributed by atoms with Crippen LogP contribution in [0.15, 0.2) is 0 Å². The topological polar surface area (TPSA) is 83.6 Å². The van der Waals surface area contributed by atoms with Crippen molar-refractivity contribution in [3.8, 4) is 0 Å². The average Bonchev–Trinajstić information content (AvgIpc) is 2.87. The molecule has 74 valence electrons. The zero-order valence-corrected chi connectivity index (χ0v) is 7.40. The Kier molecular flexibility index (Phi) is 3.25. The largest absolute Gasteiger partial charge is 0.481 e. The number of nitrogens with zero attached hydrogens (tertiary/aromatic N) is 1. The predicted molar refractivity (Wildman–Crippen MR) is 46.0 cm³/mol. The molecule has 0 spiro atoms. The fourth-order valence-corrected chi connectivity index (χ4v) is 1.23. The normalized spacial score (nSPS) is 15.5. The second-order valence-corrected chi connectivity index (χ2v) is 3.17. The smallest absolute Gasteiger partial charge is 0.305 e. The molecule has 0 aromatic carbocycles. The summed E-state index contributed by atoms with van der Waals surface area (Å²) in [5.41, 5.74) is 5.21. The van der Waals surface area contributed by atoms with Gasteiger partial charge in [0.25, 0.3) is 0 Å². The van der Waals surface area contributed by atoms with Crippen LogP contribution in [0.25, 0.3) is 0 Å². The Morgan fingerprint density at radius 1 is 1.46 bits per heavy atom. The maximum absolute atomic E-state index is 11.2. The highest BCUT2D eigenvalue weighted by atomic mass is 16.4. The van der Waals surface area contributed by atoms with Gasteiger partial charge in [-0.15, -0.1) is 0 Å². The molecule has 0 radical (unpaired) electrons. The van der Waals surface area contributed by atoms with Crippen molar-refractivity contribution in [3.63, 3.8) is 0 Å². The van der Waals surface area contributed by atoms with Crippen LogP contribution in [-0.4, -0.2) is 41.0 Å². The van der Waals surface area contributed by atoms with Gasteiger partial charge in [0.1, 0.15) is 0 Å². The Hall–Kier alpha value is -1.10. The van der Waals surface area contributed by atoms with Crippen LogP contribution in [0.2, 0.25) is 0 Å². The van der Waals surface area contributed by atoms with Crippen LogP contribution in [-0.2, 0) is 9.59 Å². The van der Waals surface area contributed by atoms with E-state index < -0.39 is 5.97 Å². The van der Waals surface area contributed by atoms with Crippen LogP contribution >= 0.6 is 0 Å². The van der Waals surface area contributed by atoms with E-state index in [1.807, 2.05) is 0 Å². The van der Waals surface area contributed by atoms with Crippen molar-refractivity contribution in [2.75, 3.05) is 13.1 Å². The molecule has 5 heteroatoms. The van der Waals surface area contributed by atoms with Gasteiger partial charge < -0.3 is 15.7 Å². The first kappa shape index (κ1) is 9.98. The molecular formula is C8H14N2O3. The van der Waals surface area contributed by atoms with Crippen molar-refractivity contribution in [1.29, 1.82) is 0 Å². The van der Waals surface area contributed by atoms with Gasteiger partial charge in [-0.3, -0.25) is 9.59 Å². The molecule has 0 aliphatic heterocycles. The van der Waals surface area contributed by atoms with Gasteiger partial charge >= 0.3 is 5.97 Å². The monoisotopic (exact) mass is 186 g/mol. The van der Waals surface area contributed by atoms with Crippen molar-refractivity contribution < 1.29 is 14.7 Å². The second-order valence-electron chi connectivity index (χ2n) is 3.17. The van der Waals surface area contributed by atoms with Gasteiger partial charge in [0.05, 0.1) is 13.0 Å². The first-order valence-electron chi connectivity index (χ1n) is 4.36. The highest BCUT2D eigenvalue weighted by molar-refractivity contribution is 5.79. The molecule has 0 aromatic heterocycles. The third kappa shape index (κ3) is 3.02. The van der Waals surface area contributed by atoms with E-state index in [0.717, 1.165) is 12.8 Å². The summed E-state index contributed by atoms with van der Waals surface area (Å²) >= 11 is 0. The second kappa shape index (κ2) is 4.23. The van der Waals surface area contributed by atoms with E-state index in [-0.39, 0.29) is 31.5 Å². The number of carbonyl (C=O) groups is 2. The minimum Gasteiger partial charge on any atom is -0.481 e. The van der Waals surface area contributed by atoms with E-state index in [4.69, 9.17) is 10.8 Å². The van der Waals surface area contributed by atoms with Crippen molar-refractivity contribution >= 4 is 11.9 Å². The molecule has 5 nitrogen and oxygen atoms in total. The lowest BCUT2D eigenvalue weighted by Gasteiger charge is -2.20. The third-order valence-electron chi connectivity index (χ3n) is 2.05. The standard InChI is InChI=1S/C8H14N2O3/c9-5-7(11)10(6-1-2-6)4-3-8(12)13/h6H,1-5,9H2,(H,12,13). The molecule has 1 saturated carbocycles. The summed E-state index contributed by atoms with van der Waals surface area (Å²) in [5.74, 6) is -1.03. The summed E-state index contributed by atoms with van der Waals surface area (Å²) in [5, 5.41) is 8.45. The molecule has 0 bridgehead atoms. The summed E-state index contributed by atoms with van der Waals surface area (Å²) in [6.07, 6.45) is 1.96. The molecular weight excluding hydrogens is 172 g/mol. The van der Waals surface area contributed by atoms with Crippen molar-refractivity contribution in [2.24, 2.45) is 5.73 Å². The van der Waals surface area contributed by atoms with E-state index in [2.05, 4.69) is 0 Å². The number of amides is 1. The average molecular weight is 186 g/mol. The lowest BCUT2D eigenvalue weighted by molar-refractivity contribution is -0.138. The maximum atomic E-state index is 11.2. The summed E-state index contributed by atoms with van der Waals surface area (Å²) in [4.78, 5) is 23.1. The van der Waals surface area contributed by atoms with E-state index >= 15 is 0 Å². The highest BCUT2D eigenvalue weighted by Crippen LogP contribution is 2.26. The summed E-state index contributed by atoms with van der Waals surface area (Å²) in [6, 6.07) is 0.246. The van der Waals surface area contributed by atoms with Crippen molar-refractivity contribution in [1.82, 2.24) is 4.90 Å². The quantitative estimate of drug-likeness (QED) is 0.601. The first-order chi connectivity index (χ1) is 6.15. The maximum Gasteiger partial charge on any atom is 0.305 e. The molecule has 13 heavy (non-hydrogen) atoms. The molecule has 0 aromatic rings. The van der Waals surface area contributed by atoms with E-state index in [1.54, 1.807) is 4.90 Å². The number of hydrogen-bond acceptors (Lipinski definition) is 3. The number of aliphatic carboxylic acids is 1. The highest BCUT2D eigenvalue weighted by Gasteiger charge is 2.31. The predicted octanol–water partition coefficient (Wildman–Crippen LogP) is -0.589. The van der Waals surface area contributed by atoms with Gasteiger partial charge in [-0.25, -0.2) is 0 Å². The third-order valence-corrected chi connectivity index (χ3v) is 2.05. The molecule has 0 atom stereocenters. The lowest BCUT2D eigenvalue weighted by atomic mass is 10.3. The Morgan fingerprint density at radius 2 is 2.08 bits per heavy atom. The van der Waals surface area contributed by atoms with Gasteiger partial charge in [-0.2, -0.15) is 0 Å². The molecule has 1 fully saturated rings. The van der Waals surface area contributed by atoms with Gasteiger partial charge in [0, 0.05) is 12.6 Å². The number of carboxylic acid groups (broad SMARTS) is 1. The number of hydrogen-bond donors (Lipinski definition) is 2.